The molecule has 1 aromatic carbocycles. The van der Waals surface area contributed by atoms with Gasteiger partial charge in [-0.05, 0) is 32.9 Å². The molecule has 0 saturated carbocycles. The number of amides is 1. The Bertz CT molecular complexity index is 739. The number of carbonyl (C=O) groups is 1. The number of benzene rings is 1. The summed E-state index contributed by atoms with van der Waals surface area (Å²) in [4.78, 5) is 12.5. The number of nitrogens with one attached hydrogen (secondary N) is 1. The van der Waals surface area contributed by atoms with Gasteiger partial charge in [0.2, 0.25) is 0 Å². The van der Waals surface area contributed by atoms with E-state index in [9.17, 15) is 4.79 Å². The highest BCUT2D eigenvalue weighted by Crippen LogP contribution is 2.29. The van der Waals surface area contributed by atoms with Crippen LogP contribution in [-0.2, 0) is 0 Å². The molecule has 0 aliphatic heterocycles. The smallest absolute Gasteiger partial charge is 0.259 e. The number of aryl methyl sites for hydroxylation is 2. The maximum atomic E-state index is 12.5. The second kappa shape index (κ2) is 5.71. The molecule has 0 atom stereocenters. The van der Waals surface area contributed by atoms with Crippen LogP contribution in [0.2, 0.25) is 0 Å². The van der Waals surface area contributed by atoms with E-state index in [1.165, 1.54) is 7.11 Å². The standard InChI is InChI=1S/C16H16N2O3/c1-9-10(2)21-11(3)14(9)16(19)18-15-12(8-17)6-5-7-13(15)20-4/h5-7H,1-4H3,(H,18,19). The number of nitriles is 1. The van der Waals surface area contributed by atoms with Crippen molar-refractivity contribution in [2.24, 2.45) is 0 Å². The Morgan fingerprint density at radius 2 is 2.00 bits per heavy atom. The number of ether oxygens (including phenoxy) is 1. The molecule has 1 N–H and O–H groups in total. The maximum Gasteiger partial charge on any atom is 0.259 e. The van der Waals surface area contributed by atoms with E-state index in [-0.39, 0.29) is 5.91 Å². The molecule has 21 heavy (non-hydrogen) atoms. The van der Waals surface area contributed by atoms with Crippen LogP contribution in [0.4, 0.5) is 5.69 Å². The minimum absolute atomic E-state index is 0.317. The third-order valence-corrected chi connectivity index (χ3v) is 3.39. The summed E-state index contributed by atoms with van der Waals surface area (Å²) in [6.45, 7) is 5.37. The number of furan rings is 1. The van der Waals surface area contributed by atoms with Crippen LogP contribution in [-0.4, -0.2) is 13.0 Å². The molecule has 5 nitrogen and oxygen atoms in total. The molecule has 2 aromatic rings. The molecule has 0 fully saturated rings. The van der Waals surface area contributed by atoms with Gasteiger partial charge in [0.25, 0.3) is 5.91 Å². The van der Waals surface area contributed by atoms with Crippen molar-refractivity contribution in [3.05, 3.63) is 46.4 Å². The highest BCUT2D eigenvalue weighted by molar-refractivity contribution is 6.07. The van der Waals surface area contributed by atoms with Crippen LogP contribution < -0.4 is 10.1 Å². The Hall–Kier alpha value is -2.74. The summed E-state index contributed by atoms with van der Waals surface area (Å²) < 4.78 is 10.7. The Kier molecular flexibility index (Phi) is 3.99. The lowest BCUT2D eigenvalue weighted by Gasteiger charge is -2.11. The van der Waals surface area contributed by atoms with Crippen LogP contribution in [0.15, 0.2) is 22.6 Å². The zero-order chi connectivity index (χ0) is 15.6. The molecule has 2 rings (SSSR count). The number of rotatable bonds is 3. The van der Waals surface area contributed by atoms with Gasteiger partial charge in [0.05, 0.1) is 18.2 Å². The Morgan fingerprint density at radius 1 is 1.29 bits per heavy atom. The van der Waals surface area contributed by atoms with Gasteiger partial charge < -0.3 is 14.5 Å². The molecule has 0 bridgehead atoms. The minimum atomic E-state index is -0.317. The predicted octanol–water partition coefficient (Wildman–Crippen LogP) is 3.34. The first kappa shape index (κ1) is 14.7. The largest absolute Gasteiger partial charge is 0.495 e. The zero-order valence-electron chi connectivity index (χ0n) is 12.4. The normalized spacial score (nSPS) is 10.0. The van der Waals surface area contributed by atoms with Gasteiger partial charge in [-0.2, -0.15) is 5.26 Å². The Morgan fingerprint density at radius 3 is 2.52 bits per heavy atom. The summed E-state index contributed by atoms with van der Waals surface area (Å²) in [5.41, 5.74) is 1.99. The Balaban J connectivity index is 2.43. The summed E-state index contributed by atoms with van der Waals surface area (Å²) in [5.74, 6) is 1.38. The topological polar surface area (TPSA) is 75.3 Å². The van der Waals surface area contributed by atoms with Gasteiger partial charge >= 0.3 is 0 Å². The molecule has 108 valence electrons. The average molecular weight is 284 g/mol. The number of anilines is 1. The number of hydrogen-bond donors (Lipinski definition) is 1. The van der Waals surface area contributed by atoms with E-state index in [4.69, 9.17) is 14.4 Å². The van der Waals surface area contributed by atoms with Crippen LogP contribution in [0.5, 0.6) is 5.75 Å². The molecule has 0 aliphatic rings. The van der Waals surface area contributed by atoms with E-state index in [0.717, 1.165) is 5.56 Å². The second-order valence-corrected chi connectivity index (χ2v) is 4.66. The number of hydrogen-bond acceptors (Lipinski definition) is 4. The highest BCUT2D eigenvalue weighted by atomic mass is 16.5. The van der Waals surface area contributed by atoms with Crippen LogP contribution >= 0.6 is 0 Å². The molecule has 5 heteroatoms. The Labute approximate surface area is 123 Å². The fourth-order valence-corrected chi connectivity index (χ4v) is 2.23. The molecule has 1 amide bonds. The monoisotopic (exact) mass is 284 g/mol. The predicted molar refractivity (Wildman–Crippen MR) is 78.6 cm³/mol. The van der Waals surface area contributed by atoms with Crippen LogP contribution in [0.3, 0.4) is 0 Å². The van der Waals surface area contributed by atoms with Gasteiger partial charge in [0, 0.05) is 5.56 Å². The molecular weight excluding hydrogens is 268 g/mol. The van der Waals surface area contributed by atoms with E-state index >= 15 is 0 Å². The van der Waals surface area contributed by atoms with E-state index in [2.05, 4.69) is 5.32 Å². The first-order valence-electron chi connectivity index (χ1n) is 6.44. The lowest BCUT2D eigenvalue weighted by atomic mass is 10.1. The minimum Gasteiger partial charge on any atom is -0.495 e. The third-order valence-electron chi connectivity index (χ3n) is 3.39. The van der Waals surface area contributed by atoms with Gasteiger partial charge in [-0.15, -0.1) is 0 Å². The molecule has 1 aromatic heterocycles. The van der Waals surface area contributed by atoms with Crippen molar-refractivity contribution in [1.82, 2.24) is 0 Å². The number of carbonyl (C=O) groups excluding carboxylic acids is 1. The number of nitrogens with zero attached hydrogens (tertiary/aromatic N) is 1. The van der Waals surface area contributed by atoms with Crippen molar-refractivity contribution in [1.29, 1.82) is 5.26 Å². The van der Waals surface area contributed by atoms with Crippen LogP contribution in [0.1, 0.15) is 33.0 Å². The fourth-order valence-electron chi connectivity index (χ4n) is 2.23. The van der Waals surface area contributed by atoms with E-state index in [0.29, 0.717) is 34.1 Å². The van der Waals surface area contributed by atoms with Gasteiger partial charge in [0.1, 0.15) is 29.0 Å². The SMILES string of the molecule is COc1cccc(C#N)c1NC(=O)c1c(C)oc(C)c1C. The quantitative estimate of drug-likeness (QED) is 0.938. The van der Waals surface area contributed by atoms with Crippen molar-refractivity contribution in [2.75, 3.05) is 12.4 Å². The lowest BCUT2D eigenvalue weighted by Crippen LogP contribution is -2.15. The third kappa shape index (κ3) is 2.61. The van der Waals surface area contributed by atoms with Crippen molar-refractivity contribution >= 4 is 11.6 Å². The highest BCUT2D eigenvalue weighted by Gasteiger charge is 2.21. The molecule has 0 unspecified atom stereocenters. The van der Waals surface area contributed by atoms with Crippen LogP contribution in [0.25, 0.3) is 0 Å². The van der Waals surface area contributed by atoms with Gasteiger partial charge in [-0.3, -0.25) is 4.79 Å². The van der Waals surface area contributed by atoms with Crippen LogP contribution in [0, 0.1) is 32.1 Å². The fraction of sp³-hybridized carbons (Fsp3) is 0.250. The van der Waals surface area contributed by atoms with Gasteiger partial charge in [-0.25, -0.2) is 0 Å². The average Bonchev–Trinajstić information content (AvgIpc) is 2.72. The summed E-state index contributed by atoms with van der Waals surface area (Å²) in [6.07, 6.45) is 0. The van der Waals surface area contributed by atoms with E-state index in [1.807, 2.05) is 19.9 Å². The van der Waals surface area contributed by atoms with Gasteiger partial charge in [0.15, 0.2) is 0 Å². The number of methoxy groups -OCH3 is 1. The zero-order valence-corrected chi connectivity index (χ0v) is 12.4. The van der Waals surface area contributed by atoms with Crippen molar-refractivity contribution in [3.63, 3.8) is 0 Å². The number of para-hydroxylation sites is 1. The lowest BCUT2D eigenvalue weighted by molar-refractivity contribution is 0.102. The summed E-state index contributed by atoms with van der Waals surface area (Å²) >= 11 is 0. The van der Waals surface area contributed by atoms with Gasteiger partial charge in [-0.1, -0.05) is 6.07 Å². The van der Waals surface area contributed by atoms with Crippen molar-refractivity contribution < 1.29 is 13.9 Å². The van der Waals surface area contributed by atoms with E-state index < -0.39 is 0 Å². The van der Waals surface area contributed by atoms with Crippen molar-refractivity contribution in [2.45, 2.75) is 20.8 Å². The molecule has 0 saturated heterocycles. The molecule has 0 radical (unpaired) electrons. The molecule has 1 heterocycles. The molecular formula is C16H16N2O3. The first-order valence-corrected chi connectivity index (χ1v) is 6.44. The summed E-state index contributed by atoms with van der Waals surface area (Å²) in [7, 11) is 1.49. The first-order chi connectivity index (χ1) is 9.99. The molecule has 0 aliphatic carbocycles. The summed E-state index contributed by atoms with van der Waals surface area (Å²) in [5, 5.41) is 11.9. The molecule has 0 spiro atoms. The second-order valence-electron chi connectivity index (χ2n) is 4.66. The summed E-state index contributed by atoms with van der Waals surface area (Å²) in [6, 6.07) is 7.06. The van der Waals surface area contributed by atoms with Crippen molar-refractivity contribution in [3.8, 4) is 11.8 Å². The van der Waals surface area contributed by atoms with E-state index in [1.54, 1.807) is 25.1 Å². The maximum absolute atomic E-state index is 12.5.